The summed E-state index contributed by atoms with van der Waals surface area (Å²) in [4.78, 5) is 0. The molecular formula is C12H11F13O3. The van der Waals surface area contributed by atoms with Crippen molar-refractivity contribution in [3.8, 4) is 0 Å². The van der Waals surface area contributed by atoms with Crippen LogP contribution in [0, 0.1) is 0 Å². The number of ether oxygens (including phenoxy) is 3. The van der Waals surface area contributed by atoms with Crippen LogP contribution in [0.15, 0.2) is 0 Å². The number of rotatable bonds is 8. The van der Waals surface area contributed by atoms with Gasteiger partial charge in [0.15, 0.2) is 0 Å². The van der Waals surface area contributed by atoms with Gasteiger partial charge in [-0.3, -0.25) is 0 Å². The van der Waals surface area contributed by atoms with E-state index in [2.05, 4.69) is 14.2 Å². The Kier molecular flexibility index (Phi) is 6.56. The molecule has 0 radical (unpaired) electrons. The maximum Gasteiger partial charge on any atom is 0.460 e. The molecule has 0 bridgehead atoms. The number of methoxy groups -OCH3 is 1. The van der Waals surface area contributed by atoms with Gasteiger partial charge in [0.1, 0.15) is 0 Å². The van der Waals surface area contributed by atoms with Crippen LogP contribution in [0.2, 0.25) is 0 Å². The van der Waals surface area contributed by atoms with E-state index >= 15 is 0 Å². The van der Waals surface area contributed by atoms with E-state index < -0.39 is 67.8 Å². The van der Waals surface area contributed by atoms with Crippen molar-refractivity contribution in [3.63, 3.8) is 0 Å². The Labute approximate surface area is 147 Å². The predicted octanol–water partition coefficient (Wildman–Crippen LogP) is 4.85. The molecule has 1 aliphatic rings. The van der Waals surface area contributed by atoms with Crippen LogP contribution in [-0.4, -0.2) is 62.1 Å². The smallest absolute Gasteiger partial charge is 0.333 e. The highest BCUT2D eigenvalue weighted by atomic mass is 19.4. The third-order valence-corrected chi connectivity index (χ3v) is 3.69. The minimum Gasteiger partial charge on any atom is -0.333 e. The van der Waals surface area contributed by atoms with Crippen LogP contribution in [0.1, 0.15) is 12.8 Å². The lowest BCUT2D eigenvalue weighted by Gasteiger charge is -2.39. The second kappa shape index (κ2) is 7.34. The molecule has 1 rings (SSSR count). The fourth-order valence-electron chi connectivity index (χ4n) is 2.00. The van der Waals surface area contributed by atoms with Crippen LogP contribution in [0.4, 0.5) is 57.1 Å². The van der Waals surface area contributed by atoms with Gasteiger partial charge in [-0.2, -0.15) is 57.1 Å². The third-order valence-electron chi connectivity index (χ3n) is 3.69. The highest BCUT2D eigenvalue weighted by molar-refractivity contribution is 5.10. The number of halogens is 13. The summed E-state index contributed by atoms with van der Waals surface area (Å²) in [6, 6.07) is 0. The molecule has 1 aliphatic heterocycles. The lowest BCUT2D eigenvalue weighted by molar-refractivity contribution is -0.440. The molecule has 0 aromatic rings. The standard InChI is InChI=1S/C12H11F13O3/c1-26-6-27-4-5(28-6)2-3-7(13,14)8(15,16)9(17,18)10(19,20)11(21,22)12(23,24)25/h5-6H,2-4H2,1H3. The molecule has 16 heteroatoms. The first-order valence-electron chi connectivity index (χ1n) is 7.02. The Balaban J connectivity index is 3.09. The molecule has 0 N–H and O–H groups in total. The minimum atomic E-state index is -7.89. The number of alkyl halides is 13. The monoisotopic (exact) mass is 450 g/mol. The maximum absolute atomic E-state index is 13.5. The fourth-order valence-corrected chi connectivity index (χ4v) is 2.00. The molecule has 0 spiro atoms. The lowest BCUT2D eigenvalue weighted by Crippen LogP contribution is -2.70. The summed E-state index contributed by atoms with van der Waals surface area (Å²) in [6.07, 6.45) is -12.4. The van der Waals surface area contributed by atoms with Crippen LogP contribution in [0.3, 0.4) is 0 Å². The third kappa shape index (κ3) is 3.86. The van der Waals surface area contributed by atoms with Crippen LogP contribution in [0.25, 0.3) is 0 Å². The molecule has 2 unspecified atom stereocenters. The quantitative estimate of drug-likeness (QED) is 0.495. The van der Waals surface area contributed by atoms with Crippen molar-refractivity contribution in [2.24, 2.45) is 0 Å². The van der Waals surface area contributed by atoms with Crippen molar-refractivity contribution >= 4 is 0 Å². The second-order valence-corrected chi connectivity index (χ2v) is 5.65. The van der Waals surface area contributed by atoms with E-state index in [1.165, 1.54) is 0 Å². The largest absolute Gasteiger partial charge is 0.460 e. The van der Waals surface area contributed by atoms with Gasteiger partial charge in [0.05, 0.1) is 12.7 Å². The zero-order chi connectivity index (χ0) is 22.4. The van der Waals surface area contributed by atoms with Crippen LogP contribution >= 0.6 is 0 Å². The minimum absolute atomic E-state index is 0.557. The van der Waals surface area contributed by atoms with E-state index in [4.69, 9.17) is 0 Å². The molecule has 28 heavy (non-hydrogen) atoms. The SMILES string of the molecule is COC1OCC(CCC(F)(F)C(F)(F)C(F)(F)C(F)(F)C(F)(F)C(F)(F)F)O1. The maximum atomic E-state index is 13.5. The van der Waals surface area contributed by atoms with Crippen molar-refractivity contribution in [1.29, 1.82) is 0 Å². The molecule has 1 saturated heterocycles. The van der Waals surface area contributed by atoms with Crippen molar-refractivity contribution in [3.05, 3.63) is 0 Å². The van der Waals surface area contributed by atoms with E-state index in [1.807, 2.05) is 0 Å². The average molecular weight is 450 g/mol. The van der Waals surface area contributed by atoms with Gasteiger partial charge in [-0.15, -0.1) is 0 Å². The van der Waals surface area contributed by atoms with Gasteiger partial charge in [-0.25, -0.2) is 0 Å². The van der Waals surface area contributed by atoms with Crippen molar-refractivity contribution in [2.75, 3.05) is 13.7 Å². The highest BCUT2D eigenvalue weighted by Crippen LogP contribution is 2.60. The predicted molar refractivity (Wildman–Crippen MR) is 61.6 cm³/mol. The van der Waals surface area contributed by atoms with E-state index in [-0.39, 0.29) is 0 Å². The van der Waals surface area contributed by atoms with Crippen molar-refractivity contribution in [1.82, 2.24) is 0 Å². The summed E-state index contributed by atoms with van der Waals surface area (Å²) in [5.41, 5.74) is 0. The van der Waals surface area contributed by atoms with E-state index in [0.29, 0.717) is 0 Å². The molecule has 1 heterocycles. The van der Waals surface area contributed by atoms with E-state index in [1.54, 1.807) is 0 Å². The Bertz CT molecular complexity index is 545. The van der Waals surface area contributed by atoms with Crippen LogP contribution < -0.4 is 0 Å². The first-order chi connectivity index (χ1) is 12.3. The molecule has 1 fully saturated rings. The van der Waals surface area contributed by atoms with E-state index in [0.717, 1.165) is 7.11 Å². The van der Waals surface area contributed by atoms with Crippen molar-refractivity contribution < 1.29 is 71.3 Å². The Morgan fingerprint density at radius 1 is 0.750 bits per heavy atom. The zero-order valence-corrected chi connectivity index (χ0v) is 13.4. The van der Waals surface area contributed by atoms with Gasteiger partial charge in [-0.05, 0) is 6.42 Å². The molecule has 0 amide bonds. The Morgan fingerprint density at radius 3 is 1.61 bits per heavy atom. The first kappa shape index (κ1) is 25.0. The van der Waals surface area contributed by atoms with Crippen molar-refractivity contribution in [2.45, 2.75) is 61.2 Å². The average Bonchev–Trinajstić information content (AvgIpc) is 2.99. The van der Waals surface area contributed by atoms with Crippen LogP contribution in [0.5, 0.6) is 0 Å². The van der Waals surface area contributed by atoms with Gasteiger partial charge < -0.3 is 14.2 Å². The van der Waals surface area contributed by atoms with Gasteiger partial charge >= 0.3 is 35.8 Å². The van der Waals surface area contributed by atoms with E-state index in [9.17, 15) is 57.1 Å². The molecule has 0 aliphatic carbocycles. The molecule has 168 valence electrons. The summed E-state index contributed by atoms with van der Waals surface area (Å²) in [6.45, 7) is -1.98. The topological polar surface area (TPSA) is 27.7 Å². The molecular weight excluding hydrogens is 439 g/mol. The van der Waals surface area contributed by atoms with Gasteiger partial charge in [0.2, 0.25) is 0 Å². The fraction of sp³-hybridized carbons (Fsp3) is 1.00. The normalized spacial score (nSPS) is 23.4. The molecule has 0 saturated carbocycles. The Morgan fingerprint density at radius 2 is 1.21 bits per heavy atom. The molecule has 0 aromatic heterocycles. The van der Waals surface area contributed by atoms with Gasteiger partial charge in [-0.1, -0.05) is 0 Å². The summed E-state index contributed by atoms with van der Waals surface area (Å²) >= 11 is 0. The Hall–Kier alpha value is -1.03. The molecule has 0 aromatic carbocycles. The van der Waals surface area contributed by atoms with Gasteiger partial charge in [0, 0.05) is 13.5 Å². The van der Waals surface area contributed by atoms with Gasteiger partial charge in [0.25, 0.3) is 6.48 Å². The summed E-state index contributed by atoms with van der Waals surface area (Å²) < 4.78 is 181. The number of hydrogen-bond donors (Lipinski definition) is 0. The molecule has 3 nitrogen and oxygen atoms in total. The van der Waals surface area contributed by atoms with Crippen LogP contribution in [-0.2, 0) is 14.2 Å². The first-order valence-corrected chi connectivity index (χ1v) is 7.02. The summed E-state index contributed by atoms with van der Waals surface area (Å²) in [5.74, 6) is -36.8. The number of hydrogen-bond acceptors (Lipinski definition) is 3. The summed E-state index contributed by atoms with van der Waals surface area (Å²) in [7, 11) is 1.01. The second-order valence-electron chi connectivity index (χ2n) is 5.65. The lowest BCUT2D eigenvalue weighted by atomic mass is 9.91. The molecule has 2 atom stereocenters. The zero-order valence-electron chi connectivity index (χ0n) is 13.4. The highest BCUT2D eigenvalue weighted by Gasteiger charge is 2.90. The summed E-state index contributed by atoms with van der Waals surface area (Å²) in [5, 5.41) is 0.